The Labute approximate surface area is 104 Å². The van der Waals surface area contributed by atoms with Gasteiger partial charge in [0, 0.05) is 11.8 Å². The smallest absolute Gasteiger partial charge is 0.244 e. The first-order valence-corrected chi connectivity index (χ1v) is 5.41. The molecule has 6 heteroatoms. The molecule has 88 valence electrons. The van der Waals surface area contributed by atoms with Crippen LogP contribution in [-0.4, -0.2) is 9.97 Å². The zero-order chi connectivity index (χ0) is 12.5. The number of halogens is 4. The Bertz CT molecular complexity index is 523. The highest BCUT2D eigenvalue weighted by molar-refractivity contribution is 9.10. The normalized spacial score (nSPS) is 11.5. The van der Waals surface area contributed by atoms with Crippen molar-refractivity contribution in [2.75, 3.05) is 0 Å². The zero-order valence-corrected chi connectivity index (χ0v) is 9.96. The standard InChI is InChI=1S/C11H6BrF3N2/c12-10-9(5-16-6-17-10)7-1-3-8(4-2-7)11(13,14)15/h1-6H. The van der Waals surface area contributed by atoms with Gasteiger partial charge in [-0.05, 0) is 33.6 Å². The van der Waals surface area contributed by atoms with Crippen molar-refractivity contribution in [1.29, 1.82) is 0 Å². The molecule has 1 aromatic heterocycles. The Morgan fingerprint density at radius 3 is 2.24 bits per heavy atom. The van der Waals surface area contributed by atoms with Gasteiger partial charge < -0.3 is 0 Å². The van der Waals surface area contributed by atoms with Crippen molar-refractivity contribution >= 4 is 15.9 Å². The molecule has 0 saturated carbocycles. The van der Waals surface area contributed by atoms with Crippen LogP contribution in [0, 0.1) is 0 Å². The van der Waals surface area contributed by atoms with Crippen LogP contribution in [0.3, 0.4) is 0 Å². The summed E-state index contributed by atoms with van der Waals surface area (Å²) in [6.45, 7) is 0. The largest absolute Gasteiger partial charge is 0.416 e. The van der Waals surface area contributed by atoms with Crippen LogP contribution in [0.15, 0.2) is 41.4 Å². The maximum absolute atomic E-state index is 12.4. The van der Waals surface area contributed by atoms with Gasteiger partial charge in [0.15, 0.2) is 0 Å². The molecule has 0 aliphatic rings. The fourth-order valence-corrected chi connectivity index (χ4v) is 1.77. The average Bonchev–Trinajstić information content (AvgIpc) is 2.29. The summed E-state index contributed by atoms with van der Waals surface area (Å²) in [7, 11) is 0. The first kappa shape index (κ1) is 12.0. The minimum absolute atomic E-state index is 0.548. The fourth-order valence-electron chi connectivity index (χ4n) is 1.35. The second-order valence-corrected chi connectivity index (χ2v) is 4.05. The molecule has 2 aromatic rings. The highest BCUT2D eigenvalue weighted by atomic mass is 79.9. The van der Waals surface area contributed by atoms with Crippen molar-refractivity contribution < 1.29 is 13.2 Å². The van der Waals surface area contributed by atoms with Gasteiger partial charge in [-0.3, -0.25) is 0 Å². The summed E-state index contributed by atoms with van der Waals surface area (Å²) in [4.78, 5) is 7.74. The predicted molar refractivity (Wildman–Crippen MR) is 60.2 cm³/mol. The van der Waals surface area contributed by atoms with E-state index in [4.69, 9.17) is 0 Å². The van der Waals surface area contributed by atoms with E-state index in [0.717, 1.165) is 12.1 Å². The van der Waals surface area contributed by atoms with Crippen molar-refractivity contribution in [1.82, 2.24) is 9.97 Å². The Morgan fingerprint density at radius 2 is 1.71 bits per heavy atom. The summed E-state index contributed by atoms with van der Waals surface area (Å²) in [6.07, 6.45) is -1.42. The third-order valence-electron chi connectivity index (χ3n) is 2.19. The van der Waals surface area contributed by atoms with E-state index in [0.29, 0.717) is 15.7 Å². The average molecular weight is 303 g/mol. The van der Waals surface area contributed by atoms with Gasteiger partial charge in [0.1, 0.15) is 10.9 Å². The summed E-state index contributed by atoms with van der Waals surface area (Å²) in [5, 5.41) is 0. The first-order valence-electron chi connectivity index (χ1n) is 4.61. The Hall–Kier alpha value is -1.43. The van der Waals surface area contributed by atoms with Crippen LogP contribution in [0.25, 0.3) is 11.1 Å². The van der Waals surface area contributed by atoms with E-state index in [1.807, 2.05) is 0 Å². The molecule has 0 saturated heterocycles. The molecule has 0 aliphatic carbocycles. The van der Waals surface area contributed by atoms with Crippen LogP contribution in [0.2, 0.25) is 0 Å². The lowest BCUT2D eigenvalue weighted by molar-refractivity contribution is -0.137. The van der Waals surface area contributed by atoms with Crippen LogP contribution in [-0.2, 0) is 6.18 Å². The first-order chi connectivity index (χ1) is 7.98. The third kappa shape index (κ3) is 2.63. The van der Waals surface area contributed by atoms with Gasteiger partial charge in [-0.1, -0.05) is 12.1 Å². The molecule has 0 fully saturated rings. The van der Waals surface area contributed by atoms with Crippen molar-refractivity contribution in [3.8, 4) is 11.1 Å². The molecule has 2 nitrogen and oxygen atoms in total. The second-order valence-electron chi connectivity index (χ2n) is 3.30. The predicted octanol–water partition coefficient (Wildman–Crippen LogP) is 3.92. The number of rotatable bonds is 1. The van der Waals surface area contributed by atoms with Gasteiger partial charge in [-0.25, -0.2) is 9.97 Å². The zero-order valence-electron chi connectivity index (χ0n) is 8.37. The minimum Gasteiger partial charge on any atom is -0.244 e. The van der Waals surface area contributed by atoms with E-state index < -0.39 is 11.7 Å². The Balaban J connectivity index is 2.40. The molecule has 0 atom stereocenters. The number of benzene rings is 1. The van der Waals surface area contributed by atoms with Crippen LogP contribution in [0.4, 0.5) is 13.2 Å². The molecule has 1 aromatic carbocycles. The monoisotopic (exact) mass is 302 g/mol. The van der Waals surface area contributed by atoms with Crippen molar-refractivity contribution in [2.24, 2.45) is 0 Å². The molecule has 1 heterocycles. The number of hydrogen-bond acceptors (Lipinski definition) is 2. The summed E-state index contributed by atoms with van der Waals surface area (Å²) < 4.78 is 37.7. The van der Waals surface area contributed by atoms with Gasteiger partial charge in [-0.2, -0.15) is 13.2 Å². The van der Waals surface area contributed by atoms with Crippen molar-refractivity contribution in [3.05, 3.63) is 47.0 Å². The van der Waals surface area contributed by atoms with Crippen LogP contribution >= 0.6 is 15.9 Å². The molecular formula is C11H6BrF3N2. The summed E-state index contributed by atoms with van der Waals surface area (Å²) in [6, 6.07) is 4.86. The Morgan fingerprint density at radius 1 is 1.06 bits per heavy atom. The van der Waals surface area contributed by atoms with Crippen LogP contribution in [0.5, 0.6) is 0 Å². The van der Waals surface area contributed by atoms with E-state index in [9.17, 15) is 13.2 Å². The number of nitrogens with zero attached hydrogens (tertiary/aromatic N) is 2. The topological polar surface area (TPSA) is 25.8 Å². The summed E-state index contributed by atoms with van der Waals surface area (Å²) >= 11 is 3.22. The molecule has 17 heavy (non-hydrogen) atoms. The number of aromatic nitrogens is 2. The minimum atomic E-state index is -4.32. The highest BCUT2D eigenvalue weighted by Crippen LogP contribution is 2.32. The Kier molecular flexibility index (Phi) is 3.15. The van der Waals surface area contributed by atoms with E-state index >= 15 is 0 Å². The lowest BCUT2D eigenvalue weighted by atomic mass is 10.1. The molecule has 0 unspecified atom stereocenters. The SMILES string of the molecule is FC(F)(F)c1ccc(-c2cncnc2Br)cc1. The third-order valence-corrected chi connectivity index (χ3v) is 2.82. The van der Waals surface area contributed by atoms with Gasteiger partial charge in [0.05, 0.1) is 5.56 Å². The fraction of sp³-hybridized carbons (Fsp3) is 0.0909. The highest BCUT2D eigenvalue weighted by Gasteiger charge is 2.30. The van der Waals surface area contributed by atoms with Crippen molar-refractivity contribution in [3.63, 3.8) is 0 Å². The molecule has 2 rings (SSSR count). The molecule has 0 amide bonds. The number of alkyl halides is 3. The summed E-state index contributed by atoms with van der Waals surface area (Å²) in [5.41, 5.74) is 0.612. The number of hydrogen-bond donors (Lipinski definition) is 0. The van der Waals surface area contributed by atoms with E-state index in [2.05, 4.69) is 25.9 Å². The molecule has 0 aliphatic heterocycles. The van der Waals surface area contributed by atoms with E-state index in [1.54, 1.807) is 6.20 Å². The van der Waals surface area contributed by atoms with Gasteiger partial charge in [0.2, 0.25) is 0 Å². The lowest BCUT2D eigenvalue weighted by Crippen LogP contribution is -2.04. The van der Waals surface area contributed by atoms with E-state index in [-0.39, 0.29) is 0 Å². The molecular weight excluding hydrogens is 297 g/mol. The summed E-state index contributed by atoms with van der Waals surface area (Å²) in [5.74, 6) is 0. The maximum atomic E-state index is 12.4. The van der Waals surface area contributed by atoms with Crippen LogP contribution < -0.4 is 0 Å². The quantitative estimate of drug-likeness (QED) is 0.746. The molecule has 0 radical (unpaired) electrons. The lowest BCUT2D eigenvalue weighted by Gasteiger charge is -2.08. The molecule has 0 spiro atoms. The molecule has 0 N–H and O–H groups in total. The maximum Gasteiger partial charge on any atom is 0.416 e. The van der Waals surface area contributed by atoms with Gasteiger partial charge >= 0.3 is 6.18 Å². The van der Waals surface area contributed by atoms with Gasteiger partial charge in [0.25, 0.3) is 0 Å². The van der Waals surface area contributed by atoms with Gasteiger partial charge in [-0.15, -0.1) is 0 Å². The van der Waals surface area contributed by atoms with E-state index in [1.165, 1.54) is 18.5 Å². The van der Waals surface area contributed by atoms with Crippen molar-refractivity contribution in [2.45, 2.75) is 6.18 Å². The second kappa shape index (κ2) is 4.44. The van der Waals surface area contributed by atoms with Crippen LogP contribution in [0.1, 0.15) is 5.56 Å². The molecule has 0 bridgehead atoms.